The smallest absolute Gasteiger partial charge is 0.293 e. The Hall–Kier alpha value is -1.82. The van der Waals surface area contributed by atoms with Crippen LogP contribution in [0, 0.1) is 0 Å². The molecule has 1 aliphatic rings. The first-order valence-electron chi connectivity index (χ1n) is 7.19. The molecule has 2 rings (SSSR count). The van der Waals surface area contributed by atoms with E-state index in [1.807, 2.05) is 4.90 Å². The zero-order valence-electron chi connectivity index (χ0n) is 12.6. The molecule has 116 valence electrons. The van der Waals surface area contributed by atoms with Crippen molar-refractivity contribution < 1.29 is 14.3 Å². The van der Waals surface area contributed by atoms with Gasteiger partial charge in [0.1, 0.15) is 6.54 Å². The highest BCUT2D eigenvalue weighted by Crippen LogP contribution is 2.17. The van der Waals surface area contributed by atoms with Gasteiger partial charge in [0.15, 0.2) is 5.75 Å². The number of hydrogen-bond donors (Lipinski definition) is 0. The normalized spacial score (nSPS) is 18.6. The van der Waals surface area contributed by atoms with Crippen LogP contribution in [0.25, 0.3) is 0 Å². The minimum Gasteiger partial charge on any atom is -0.491 e. The SMILES string of the molecule is COC[C@H]1CCCCN1C(=O)Cn1cccc(OC)c1=O. The zero-order valence-corrected chi connectivity index (χ0v) is 12.6. The average molecular weight is 294 g/mol. The van der Waals surface area contributed by atoms with Gasteiger partial charge >= 0.3 is 0 Å². The molecule has 0 aliphatic carbocycles. The average Bonchev–Trinajstić information content (AvgIpc) is 2.50. The van der Waals surface area contributed by atoms with Gasteiger partial charge in [0.25, 0.3) is 5.56 Å². The van der Waals surface area contributed by atoms with Gasteiger partial charge in [-0.05, 0) is 31.4 Å². The number of hydrogen-bond acceptors (Lipinski definition) is 4. The van der Waals surface area contributed by atoms with Crippen molar-refractivity contribution in [2.75, 3.05) is 27.4 Å². The van der Waals surface area contributed by atoms with Crippen LogP contribution in [-0.2, 0) is 16.1 Å². The highest BCUT2D eigenvalue weighted by Gasteiger charge is 2.26. The first kappa shape index (κ1) is 15.6. The summed E-state index contributed by atoms with van der Waals surface area (Å²) >= 11 is 0. The first-order valence-corrected chi connectivity index (χ1v) is 7.19. The van der Waals surface area contributed by atoms with Crippen LogP contribution in [0.1, 0.15) is 19.3 Å². The lowest BCUT2D eigenvalue weighted by atomic mass is 10.0. The summed E-state index contributed by atoms with van der Waals surface area (Å²) in [6.07, 6.45) is 4.67. The molecule has 1 aromatic rings. The Bertz CT molecular complexity index is 539. The van der Waals surface area contributed by atoms with E-state index in [4.69, 9.17) is 9.47 Å². The number of nitrogens with zero attached hydrogens (tertiary/aromatic N) is 2. The monoisotopic (exact) mass is 294 g/mol. The third-order valence-corrected chi connectivity index (χ3v) is 3.82. The Balaban J connectivity index is 2.11. The Morgan fingerprint density at radius 2 is 2.19 bits per heavy atom. The largest absolute Gasteiger partial charge is 0.491 e. The minimum absolute atomic E-state index is 0.0379. The van der Waals surface area contributed by atoms with Crippen molar-refractivity contribution >= 4 is 5.91 Å². The summed E-state index contributed by atoms with van der Waals surface area (Å²) in [5.74, 6) is 0.199. The van der Waals surface area contributed by atoms with Crippen molar-refractivity contribution in [1.82, 2.24) is 9.47 Å². The van der Waals surface area contributed by atoms with E-state index in [1.165, 1.54) is 11.7 Å². The third kappa shape index (κ3) is 3.64. The molecule has 0 bridgehead atoms. The van der Waals surface area contributed by atoms with Gasteiger partial charge in [0.05, 0.1) is 19.8 Å². The van der Waals surface area contributed by atoms with Gasteiger partial charge in [-0.2, -0.15) is 0 Å². The fourth-order valence-corrected chi connectivity index (χ4v) is 2.73. The number of carbonyl (C=O) groups is 1. The number of pyridine rings is 1. The van der Waals surface area contributed by atoms with Crippen LogP contribution in [0.3, 0.4) is 0 Å². The van der Waals surface area contributed by atoms with Crippen LogP contribution >= 0.6 is 0 Å². The Labute approximate surface area is 124 Å². The number of likely N-dealkylation sites (tertiary alicyclic amines) is 1. The topological polar surface area (TPSA) is 60.8 Å². The van der Waals surface area contributed by atoms with E-state index in [9.17, 15) is 9.59 Å². The standard InChI is InChI=1S/C15H22N2O4/c1-20-11-12-6-3-4-9-17(12)14(18)10-16-8-5-7-13(21-2)15(16)19/h5,7-8,12H,3-4,6,9-11H2,1-2H3/t12-/m1/s1. The summed E-state index contributed by atoms with van der Waals surface area (Å²) in [6.45, 7) is 1.31. The quantitative estimate of drug-likeness (QED) is 0.809. The molecule has 0 N–H and O–H groups in total. The van der Waals surface area contributed by atoms with E-state index < -0.39 is 0 Å². The molecular weight excluding hydrogens is 272 g/mol. The maximum atomic E-state index is 12.5. The summed E-state index contributed by atoms with van der Waals surface area (Å²) in [5.41, 5.74) is -0.284. The number of carbonyl (C=O) groups excluding carboxylic acids is 1. The summed E-state index contributed by atoms with van der Waals surface area (Å²) < 4.78 is 11.6. The summed E-state index contributed by atoms with van der Waals surface area (Å²) in [5, 5.41) is 0. The highest BCUT2D eigenvalue weighted by molar-refractivity contribution is 5.76. The van der Waals surface area contributed by atoms with Gasteiger partial charge in [0.2, 0.25) is 5.91 Å². The maximum absolute atomic E-state index is 12.5. The second-order valence-corrected chi connectivity index (χ2v) is 5.20. The summed E-state index contributed by atoms with van der Waals surface area (Å²) in [6, 6.07) is 3.41. The lowest BCUT2D eigenvalue weighted by molar-refractivity contribution is -0.136. The van der Waals surface area contributed by atoms with Crippen molar-refractivity contribution in [3.05, 3.63) is 28.7 Å². The van der Waals surface area contributed by atoms with Gasteiger partial charge in [-0.15, -0.1) is 0 Å². The highest BCUT2D eigenvalue weighted by atomic mass is 16.5. The molecule has 1 aromatic heterocycles. The summed E-state index contributed by atoms with van der Waals surface area (Å²) in [4.78, 5) is 26.4. The van der Waals surface area contributed by atoms with Crippen LogP contribution < -0.4 is 10.3 Å². The molecule has 0 unspecified atom stereocenters. The second-order valence-electron chi connectivity index (χ2n) is 5.20. The maximum Gasteiger partial charge on any atom is 0.293 e. The fraction of sp³-hybridized carbons (Fsp3) is 0.600. The molecule has 0 saturated carbocycles. The van der Waals surface area contributed by atoms with E-state index in [0.29, 0.717) is 6.61 Å². The predicted molar refractivity (Wildman–Crippen MR) is 78.5 cm³/mol. The number of ether oxygens (including phenoxy) is 2. The molecule has 2 heterocycles. The lowest BCUT2D eigenvalue weighted by Gasteiger charge is -2.35. The van der Waals surface area contributed by atoms with Gasteiger partial charge in [-0.3, -0.25) is 9.59 Å². The second kappa shape index (κ2) is 7.26. The van der Waals surface area contributed by atoms with E-state index >= 15 is 0 Å². The fourth-order valence-electron chi connectivity index (χ4n) is 2.73. The Kier molecular flexibility index (Phi) is 5.38. The summed E-state index contributed by atoms with van der Waals surface area (Å²) in [7, 11) is 3.09. The lowest BCUT2D eigenvalue weighted by Crippen LogP contribution is -2.47. The molecule has 1 saturated heterocycles. The molecule has 6 nitrogen and oxygen atoms in total. The van der Waals surface area contributed by atoms with Crippen LogP contribution in [-0.4, -0.2) is 48.8 Å². The van der Waals surface area contributed by atoms with Crippen LogP contribution in [0.5, 0.6) is 5.75 Å². The first-order chi connectivity index (χ1) is 10.2. The van der Waals surface area contributed by atoms with Crippen LogP contribution in [0.4, 0.5) is 0 Å². The molecule has 1 atom stereocenters. The Morgan fingerprint density at radius 3 is 2.90 bits per heavy atom. The predicted octanol–water partition coefficient (Wildman–Crippen LogP) is 0.884. The minimum atomic E-state index is -0.284. The number of aromatic nitrogens is 1. The van der Waals surface area contributed by atoms with Gasteiger partial charge < -0.3 is 18.9 Å². The molecule has 0 aromatic carbocycles. The van der Waals surface area contributed by atoms with E-state index in [-0.39, 0.29) is 29.8 Å². The van der Waals surface area contributed by atoms with Crippen molar-refractivity contribution in [2.45, 2.75) is 31.8 Å². The number of rotatable bonds is 5. The van der Waals surface area contributed by atoms with Gasteiger partial charge in [0, 0.05) is 19.9 Å². The van der Waals surface area contributed by atoms with Crippen molar-refractivity contribution in [2.24, 2.45) is 0 Å². The number of amides is 1. The number of methoxy groups -OCH3 is 2. The Morgan fingerprint density at radius 1 is 1.38 bits per heavy atom. The van der Waals surface area contributed by atoms with Crippen molar-refractivity contribution in [1.29, 1.82) is 0 Å². The van der Waals surface area contributed by atoms with Gasteiger partial charge in [-0.1, -0.05) is 0 Å². The van der Waals surface area contributed by atoms with E-state index in [0.717, 1.165) is 25.8 Å². The molecular formula is C15H22N2O4. The molecule has 1 amide bonds. The van der Waals surface area contributed by atoms with E-state index in [1.54, 1.807) is 25.4 Å². The van der Waals surface area contributed by atoms with Gasteiger partial charge in [-0.25, -0.2) is 0 Å². The molecule has 21 heavy (non-hydrogen) atoms. The van der Waals surface area contributed by atoms with Crippen molar-refractivity contribution in [3.8, 4) is 5.75 Å². The molecule has 1 fully saturated rings. The third-order valence-electron chi connectivity index (χ3n) is 3.82. The number of piperidine rings is 1. The van der Waals surface area contributed by atoms with Crippen LogP contribution in [0.2, 0.25) is 0 Å². The van der Waals surface area contributed by atoms with Crippen LogP contribution in [0.15, 0.2) is 23.1 Å². The van der Waals surface area contributed by atoms with Crippen molar-refractivity contribution in [3.63, 3.8) is 0 Å². The molecule has 0 spiro atoms. The zero-order chi connectivity index (χ0) is 15.2. The molecule has 6 heteroatoms. The molecule has 1 aliphatic heterocycles. The van der Waals surface area contributed by atoms with E-state index in [2.05, 4.69) is 0 Å². The molecule has 0 radical (unpaired) electrons.